The molecular weight excluding hydrogens is 360 g/mol. The quantitative estimate of drug-likeness (QED) is 0.612. The molecule has 0 bridgehead atoms. The Morgan fingerprint density at radius 3 is 2.11 bits per heavy atom. The van der Waals surface area contributed by atoms with Gasteiger partial charge in [0.2, 0.25) is 6.10 Å². The van der Waals surface area contributed by atoms with Crippen LogP contribution in [0.25, 0.3) is 0 Å². The normalized spacial score (nSPS) is 16.5. The molecule has 7 nitrogen and oxygen atoms in total. The lowest BCUT2D eigenvalue weighted by atomic mass is 10.1. The van der Waals surface area contributed by atoms with Crippen molar-refractivity contribution in [3.05, 3.63) is 71.3 Å². The zero-order valence-corrected chi connectivity index (χ0v) is 15.0. The summed E-state index contributed by atoms with van der Waals surface area (Å²) in [4.78, 5) is 50.7. The molecule has 0 aromatic heterocycles. The van der Waals surface area contributed by atoms with Crippen LogP contribution in [0, 0.1) is 0 Å². The van der Waals surface area contributed by atoms with Crippen LogP contribution in [0.4, 0.5) is 0 Å². The Kier molecular flexibility index (Phi) is 4.65. The number of carbonyl (C=O) groups excluding carboxylic acids is 4. The number of fused-ring (bicyclic) bond motifs is 1. The van der Waals surface area contributed by atoms with Gasteiger partial charge in [0.25, 0.3) is 17.7 Å². The molecule has 7 heteroatoms. The molecule has 1 aliphatic carbocycles. The minimum Gasteiger partial charge on any atom is -0.446 e. The molecule has 28 heavy (non-hydrogen) atoms. The van der Waals surface area contributed by atoms with Crippen molar-refractivity contribution in [1.29, 1.82) is 0 Å². The van der Waals surface area contributed by atoms with Crippen molar-refractivity contribution in [2.75, 3.05) is 6.54 Å². The van der Waals surface area contributed by atoms with E-state index in [-0.39, 0.29) is 17.2 Å². The second-order valence-corrected chi connectivity index (χ2v) is 6.81. The first-order valence-corrected chi connectivity index (χ1v) is 9.04. The molecular formula is C21H18N2O5. The first kappa shape index (κ1) is 17.9. The van der Waals surface area contributed by atoms with Gasteiger partial charge in [0.05, 0.1) is 11.1 Å². The Balaban J connectivity index is 1.48. The fraction of sp³-hybridized carbons (Fsp3) is 0.238. The number of ether oxygens (including phenoxy) is 1. The standard InChI is InChI=1S/C21H18N2O5/c24-17(12-23-20(26)15-8-4-5-9-16(15)21(23)27)28-18(13-6-2-1-3-7-13)19(25)22-14-10-11-14/h1-9,14,18H,10-12H2,(H,22,25)/t18-/m1/s1. The molecule has 0 radical (unpaired) electrons. The van der Waals surface area contributed by atoms with E-state index in [1.807, 2.05) is 0 Å². The van der Waals surface area contributed by atoms with E-state index in [1.165, 1.54) is 12.1 Å². The molecule has 1 atom stereocenters. The van der Waals surface area contributed by atoms with Gasteiger partial charge in [0.1, 0.15) is 6.54 Å². The molecule has 1 fully saturated rings. The smallest absolute Gasteiger partial charge is 0.327 e. The van der Waals surface area contributed by atoms with E-state index in [9.17, 15) is 19.2 Å². The maximum absolute atomic E-state index is 12.5. The van der Waals surface area contributed by atoms with Gasteiger partial charge in [-0.1, -0.05) is 42.5 Å². The van der Waals surface area contributed by atoms with Crippen LogP contribution in [0.5, 0.6) is 0 Å². The van der Waals surface area contributed by atoms with Crippen LogP contribution in [0.15, 0.2) is 54.6 Å². The Morgan fingerprint density at radius 1 is 0.964 bits per heavy atom. The van der Waals surface area contributed by atoms with E-state index in [1.54, 1.807) is 42.5 Å². The van der Waals surface area contributed by atoms with E-state index in [2.05, 4.69) is 5.32 Å². The summed E-state index contributed by atoms with van der Waals surface area (Å²) in [6, 6.07) is 15.1. The number of hydrogen-bond acceptors (Lipinski definition) is 5. The average Bonchev–Trinajstić information content (AvgIpc) is 3.50. The Bertz CT molecular complexity index is 917. The van der Waals surface area contributed by atoms with Crippen LogP contribution in [-0.2, 0) is 14.3 Å². The highest BCUT2D eigenvalue weighted by Crippen LogP contribution is 2.25. The largest absolute Gasteiger partial charge is 0.446 e. The Hall–Kier alpha value is -3.48. The van der Waals surface area contributed by atoms with Crippen LogP contribution < -0.4 is 5.32 Å². The number of hydrogen-bond donors (Lipinski definition) is 1. The van der Waals surface area contributed by atoms with Crippen LogP contribution in [0.3, 0.4) is 0 Å². The summed E-state index contributed by atoms with van der Waals surface area (Å²) in [7, 11) is 0. The van der Waals surface area contributed by atoms with Crippen molar-refractivity contribution >= 4 is 23.7 Å². The van der Waals surface area contributed by atoms with Crippen molar-refractivity contribution in [1.82, 2.24) is 10.2 Å². The molecule has 1 saturated carbocycles. The topological polar surface area (TPSA) is 92.8 Å². The van der Waals surface area contributed by atoms with E-state index < -0.39 is 36.3 Å². The first-order valence-electron chi connectivity index (χ1n) is 9.04. The monoisotopic (exact) mass is 378 g/mol. The highest BCUT2D eigenvalue weighted by Gasteiger charge is 2.38. The summed E-state index contributed by atoms with van der Waals surface area (Å²) in [5, 5.41) is 2.82. The van der Waals surface area contributed by atoms with Crippen molar-refractivity contribution in [2.45, 2.75) is 25.0 Å². The predicted molar refractivity (Wildman–Crippen MR) is 98.2 cm³/mol. The lowest BCUT2D eigenvalue weighted by Crippen LogP contribution is -2.38. The molecule has 1 aliphatic heterocycles. The lowest BCUT2D eigenvalue weighted by Gasteiger charge is -2.20. The number of carbonyl (C=O) groups is 4. The summed E-state index contributed by atoms with van der Waals surface area (Å²) < 4.78 is 5.39. The SMILES string of the molecule is O=C(CN1C(=O)c2ccccc2C1=O)O[C@@H](C(=O)NC1CC1)c1ccccc1. The third-order valence-electron chi connectivity index (χ3n) is 4.68. The highest BCUT2D eigenvalue weighted by molar-refractivity contribution is 6.22. The minimum absolute atomic E-state index is 0.105. The van der Waals surface area contributed by atoms with Crippen LogP contribution in [-0.4, -0.2) is 41.2 Å². The summed E-state index contributed by atoms with van der Waals surface area (Å²) in [5.74, 6) is -2.33. The molecule has 4 rings (SSSR count). The zero-order valence-electron chi connectivity index (χ0n) is 15.0. The fourth-order valence-electron chi connectivity index (χ4n) is 3.09. The molecule has 3 amide bonds. The Labute approximate surface area is 161 Å². The summed E-state index contributed by atoms with van der Waals surface area (Å²) in [5.41, 5.74) is 1.04. The molecule has 2 aromatic rings. The van der Waals surface area contributed by atoms with Crippen LogP contribution in [0.1, 0.15) is 45.2 Å². The van der Waals surface area contributed by atoms with Gasteiger partial charge in [0, 0.05) is 11.6 Å². The van der Waals surface area contributed by atoms with Crippen molar-refractivity contribution in [3.8, 4) is 0 Å². The molecule has 2 aromatic carbocycles. The zero-order chi connectivity index (χ0) is 19.7. The van der Waals surface area contributed by atoms with Gasteiger partial charge >= 0.3 is 5.97 Å². The van der Waals surface area contributed by atoms with Crippen LogP contribution >= 0.6 is 0 Å². The predicted octanol–water partition coefficient (Wildman–Crippen LogP) is 1.85. The highest BCUT2D eigenvalue weighted by atomic mass is 16.5. The van der Waals surface area contributed by atoms with Gasteiger partial charge in [-0.3, -0.25) is 24.1 Å². The number of amides is 3. The first-order chi connectivity index (χ1) is 13.5. The maximum atomic E-state index is 12.5. The van der Waals surface area contributed by atoms with Gasteiger partial charge in [-0.25, -0.2) is 0 Å². The second-order valence-electron chi connectivity index (χ2n) is 6.81. The van der Waals surface area contributed by atoms with E-state index in [0.717, 1.165) is 17.7 Å². The third kappa shape index (κ3) is 3.51. The average molecular weight is 378 g/mol. The molecule has 142 valence electrons. The number of rotatable bonds is 6. The molecule has 0 spiro atoms. The minimum atomic E-state index is -1.13. The van der Waals surface area contributed by atoms with Gasteiger partial charge in [-0.15, -0.1) is 0 Å². The van der Waals surface area contributed by atoms with E-state index >= 15 is 0 Å². The number of nitrogens with one attached hydrogen (secondary N) is 1. The lowest BCUT2D eigenvalue weighted by molar-refractivity contribution is -0.156. The van der Waals surface area contributed by atoms with Gasteiger partial charge in [-0.2, -0.15) is 0 Å². The molecule has 0 saturated heterocycles. The second kappa shape index (κ2) is 7.26. The van der Waals surface area contributed by atoms with Crippen molar-refractivity contribution < 1.29 is 23.9 Å². The molecule has 1 heterocycles. The summed E-state index contributed by atoms with van der Waals surface area (Å²) in [6.07, 6.45) is 0.663. The summed E-state index contributed by atoms with van der Waals surface area (Å²) >= 11 is 0. The number of nitrogens with zero attached hydrogens (tertiary/aromatic N) is 1. The molecule has 0 unspecified atom stereocenters. The van der Waals surface area contributed by atoms with Crippen molar-refractivity contribution in [2.24, 2.45) is 0 Å². The van der Waals surface area contributed by atoms with E-state index in [4.69, 9.17) is 4.74 Å². The maximum Gasteiger partial charge on any atom is 0.327 e. The fourth-order valence-corrected chi connectivity index (χ4v) is 3.09. The van der Waals surface area contributed by atoms with Crippen LogP contribution in [0.2, 0.25) is 0 Å². The van der Waals surface area contributed by atoms with E-state index in [0.29, 0.717) is 5.56 Å². The molecule has 2 aliphatic rings. The Morgan fingerprint density at radius 2 is 1.54 bits per heavy atom. The van der Waals surface area contributed by atoms with Crippen molar-refractivity contribution in [3.63, 3.8) is 0 Å². The van der Waals surface area contributed by atoms with Gasteiger partial charge in [0.15, 0.2) is 0 Å². The number of imide groups is 1. The molecule has 1 N–H and O–H groups in total. The van der Waals surface area contributed by atoms with Gasteiger partial charge < -0.3 is 10.1 Å². The van der Waals surface area contributed by atoms with Gasteiger partial charge in [-0.05, 0) is 25.0 Å². The summed E-state index contributed by atoms with van der Waals surface area (Å²) in [6.45, 7) is -0.549. The number of esters is 1. The third-order valence-corrected chi connectivity index (χ3v) is 4.68. The number of benzene rings is 2.